The topological polar surface area (TPSA) is 118 Å². The van der Waals surface area contributed by atoms with Crippen molar-refractivity contribution >= 4 is 54.6 Å². The molecule has 13 heavy (non-hydrogen) atoms. The fourth-order valence-electron chi connectivity index (χ4n) is 0.300. The van der Waals surface area contributed by atoms with Crippen molar-refractivity contribution in [3.05, 3.63) is 0 Å². The summed E-state index contributed by atoms with van der Waals surface area (Å²) in [5.41, 5.74) is 0. The van der Waals surface area contributed by atoms with Gasteiger partial charge in [0.05, 0.1) is 0 Å². The summed E-state index contributed by atoms with van der Waals surface area (Å²) in [6.45, 7) is 0. The molecule has 0 aromatic carbocycles. The van der Waals surface area contributed by atoms with Crippen molar-refractivity contribution in [1.82, 2.24) is 0 Å². The monoisotopic (exact) mass is 276 g/mol. The SMILES string of the molecule is O=S=N[Si](N=S=O)(N=S=O)N=S=O. The molecule has 0 atom stereocenters. The van der Waals surface area contributed by atoms with Crippen LogP contribution < -0.4 is 0 Å². The van der Waals surface area contributed by atoms with Gasteiger partial charge in [-0.25, -0.2) is 0 Å². The van der Waals surface area contributed by atoms with E-state index < -0.39 is 8.72 Å². The van der Waals surface area contributed by atoms with Crippen LogP contribution in [-0.2, 0) is 45.9 Å². The third kappa shape index (κ3) is 4.32. The molecule has 0 heterocycles. The van der Waals surface area contributed by atoms with Gasteiger partial charge in [0, 0.05) is 0 Å². The van der Waals surface area contributed by atoms with E-state index in [0.29, 0.717) is 0 Å². The Morgan fingerprint density at radius 2 is 0.846 bits per heavy atom. The van der Waals surface area contributed by atoms with Crippen molar-refractivity contribution < 1.29 is 16.8 Å². The Morgan fingerprint density at radius 1 is 0.615 bits per heavy atom. The normalized spacial score (nSPS) is 12.9. The molecule has 8 nitrogen and oxygen atoms in total. The number of hydrogen-bond acceptors (Lipinski definition) is 8. The molecule has 0 aliphatic carbocycles. The minimum atomic E-state index is -3.69. The second kappa shape index (κ2) is 6.95. The summed E-state index contributed by atoms with van der Waals surface area (Å²) in [5, 5.41) is 0. The molecular formula is N4O4S4Si. The van der Waals surface area contributed by atoms with Crippen molar-refractivity contribution in [2.45, 2.75) is 0 Å². The smallest absolute Gasteiger partial charge is 0.192 e. The van der Waals surface area contributed by atoms with E-state index in [1.165, 1.54) is 0 Å². The first-order chi connectivity index (χ1) is 6.24. The van der Waals surface area contributed by atoms with E-state index in [4.69, 9.17) is 0 Å². The number of nitrogens with zero attached hydrogens (tertiary/aromatic N) is 4. The van der Waals surface area contributed by atoms with Crippen LogP contribution in [0.4, 0.5) is 0 Å². The molecule has 0 saturated carbocycles. The number of hydrogen-bond donors (Lipinski definition) is 0. The van der Waals surface area contributed by atoms with E-state index in [2.05, 4.69) is 16.1 Å². The summed E-state index contributed by atoms with van der Waals surface area (Å²) < 4.78 is 52.8. The van der Waals surface area contributed by atoms with E-state index in [1.807, 2.05) is 0 Å². The molecule has 13 heteroatoms. The van der Waals surface area contributed by atoms with Crippen molar-refractivity contribution in [1.29, 1.82) is 0 Å². The zero-order valence-electron chi connectivity index (χ0n) is 5.55. The molecule has 0 aromatic heterocycles. The highest BCUT2D eigenvalue weighted by Gasteiger charge is 2.38. The average molecular weight is 276 g/mol. The molecule has 0 N–H and O–H groups in total. The molecule has 72 valence electrons. The molecule has 0 spiro atoms. The van der Waals surface area contributed by atoms with E-state index >= 15 is 0 Å². The third-order valence-corrected chi connectivity index (χ3v) is 5.75. The lowest BCUT2D eigenvalue weighted by Crippen LogP contribution is -2.23. The highest BCUT2D eigenvalue weighted by molar-refractivity contribution is 7.61. The van der Waals surface area contributed by atoms with Gasteiger partial charge in [-0.2, -0.15) is 32.9 Å². The molecule has 0 bridgehead atoms. The molecule has 0 rings (SSSR count). The summed E-state index contributed by atoms with van der Waals surface area (Å²) in [6, 6.07) is 0. The van der Waals surface area contributed by atoms with E-state index in [1.54, 1.807) is 0 Å². The second-order valence-corrected chi connectivity index (χ2v) is 5.98. The van der Waals surface area contributed by atoms with Gasteiger partial charge < -0.3 is 0 Å². The Bertz CT molecular complexity index is 303. The summed E-state index contributed by atoms with van der Waals surface area (Å²) in [6.07, 6.45) is 0. The first kappa shape index (κ1) is 12.5. The lowest BCUT2D eigenvalue weighted by atomic mass is 13.7. The first-order valence-corrected chi connectivity index (χ1v) is 6.87. The predicted molar refractivity (Wildman–Crippen MR) is 48.0 cm³/mol. The minimum absolute atomic E-state index is 0.273. The third-order valence-electron chi connectivity index (χ3n) is 0.639. The predicted octanol–water partition coefficient (Wildman–Crippen LogP) is -0.992. The maximum absolute atomic E-state index is 10.0. The van der Waals surface area contributed by atoms with Crippen molar-refractivity contribution in [2.24, 2.45) is 16.1 Å². The fraction of sp³-hybridized carbons (Fsp3) is 0. The zero-order chi connectivity index (χ0) is 10.2. The van der Waals surface area contributed by atoms with Gasteiger partial charge in [-0.3, -0.25) is 0 Å². The van der Waals surface area contributed by atoms with Crippen LogP contribution in [0.3, 0.4) is 0 Å². The summed E-state index contributed by atoms with van der Waals surface area (Å²) in [7, 11) is -3.69. The van der Waals surface area contributed by atoms with E-state index in [0.717, 1.165) is 0 Å². The van der Waals surface area contributed by atoms with Gasteiger partial charge in [-0.1, -0.05) is 0 Å². The maximum Gasteiger partial charge on any atom is 0.630 e. The largest absolute Gasteiger partial charge is 0.630 e. The van der Waals surface area contributed by atoms with Gasteiger partial charge in [0.25, 0.3) is 0 Å². The Morgan fingerprint density at radius 3 is 1.00 bits per heavy atom. The average Bonchev–Trinajstić information content (AvgIpc) is 2.06. The van der Waals surface area contributed by atoms with Crippen LogP contribution in [0.2, 0.25) is 0 Å². The van der Waals surface area contributed by atoms with Crippen molar-refractivity contribution in [3.8, 4) is 0 Å². The standard InChI is InChI=1S/N4O4S4Si/c5-9-1-13(2-10-6,3-11-7)4-12-8. The molecule has 0 radical (unpaired) electrons. The second-order valence-electron chi connectivity index (χ2n) is 1.26. The van der Waals surface area contributed by atoms with Gasteiger partial charge in [-0.15, -0.1) is 0 Å². The fourth-order valence-corrected chi connectivity index (χ4v) is 4.50. The molecule has 0 fully saturated rings. The van der Waals surface area contributed by atoms with Crippen LogP contribution in [-0.4, -0.2) is 25.6 Å². The van der Waals surface area contributed by atoms with Gasteiger partial charge in [0.2, 0.25) is 0 Å². The van der Waals surface area contributed by atoms with Crippen molar-refractivity contribution in [3.63, 3.8) is 0 Å². The molecule has 0 amide bonds. The summed E-state index contributed by atoms with van der Waals surface area (Å²) >= 11 is -1.09. The first-order valence-electron chi connectivity index (χ1n) is 2.29. The highest BCUT2D eigenvalue weighted by Crippen LogP contribution is 2.08. The minimum Gasteiger partial charge on any atom is -0.192 e. The van der Waals surface area contributed by atoms with Gasteiger partial charge in [0.15, 0.2) is 45.9 Å². The summed E-state index contributed by atoms with van der Waals surface area (Å²) in [5.74, 6) is 0. The molecular weight excluding hydrogens is 276 g/mol. The lowest BCUT2D eigenvalue weighted by Gasteiger charge is -1.97. The van der Waals surface area contributed by atoms with Gasteiger partial charge in [-0.05, 0) is 0 Å². The Balaban J connectivity index is 5.52. The van der Waals surface area contributed by atoms with Crippen LogP contribution in [0.15, 0.2) is 16.1 Å². The van der Waals surface area contributed by atoms with Gasteiger partial charge >= 0.3 is 8.72 Å². The van der Waals surface area contributed by atoms with Crippen molar-refractivity contribution in [2.75, 3.05) is 0 Å². The van der Waals surface area contributed by atoms with Crippen LogP contribution >= 0.6 is 0 Å². The molecule has 0 aromatic rings. The Kier molecular flexibility index (Phi) is 6.68. The highest BCUT2D eigenvalue weighted by atomic mass is 32.1. The van der Waals surface area contributed by atoms with Crippen LogP contribution in [0.5, 0.6) is 0 Å². The van der Waals surface area contributed by atoms with Crippen LogP contribution in [0.25, 0.3) is 0 Å². The lowest BCUT2D eigenvalue weighted by molar-refractivity contribution is 0.698. The molecule has 0 saturated heterocycles. The molecule has 0 aliphatic rings. The van der Waals surface area contributed by atoms with Gasteiger partial charge in [0.1, 0.15) is 0 Å². The summed E-state index contributed by atoms with van der Waals surface area (Å²) in [4.78, 5) is 0. The van der Waals surface area contributed by atoms with E-state index in [9.17, 15) is 16.8 Å². The molecule has 0 unspecified atom stereocenters. The van der Waals surface area contributed by atoms with E-state index in [-0.39, 0.29) is 45.9 Å². The Labute approximate surface area is 87.4 Å². The maximum atomic E-state index is 10.0. The zero-order valence-corrected chi connectivity index (χ0v) is 9.82. The number of rotatable bonds is 4. The Hall–Kier alpha value is -0.503. The quantitative estimate of drug-likeness (QED) is 0.612. The van der Waals surface area contributed by atoms with Crippen LogP contribution in [0.1, 0.15) is 0 Å². The molecule has 0 aliphatic heterocycles. The van der Waals surface area contributed by atoms with Crippen LogP contribution in [0, 0.1) is 0 Å².